The van der Waals surface area contributed by atoms with Crippen LogP contribution in [0.5, 0.6) is 0 Å². The van der Waals surface area contributed by atoms with E-state index in [-0.39, 0.29) is 6.54 Å². The molecule has 0 aromatic heterocycles. The number of halogens is 2. The summed E-state index contributed by atoms with van der Waals surface area (Å²) in [5.74, 6) is -3.54. The summed E-state index contributed by atoms with van der Waals surface area (Å²) in [5, 5.41) is 8.61. The van der Waals surface area contributed by atoms with Crippen LogP contribution in [0.1, 0.15) is 6.42 Å². The quantitative estimate of drug-likeness (QED) is 0.614. The molecule has 0 aromatic rings. The van der Waals surface area contributed by atoms with Crippen molar-refractivity contribution in [2.24, 2.45) is 5.92 Å². The molecule has 0 saturated carbocycles. The molecule has 4 heteroatoms. The minimum absolute atomic E-state index is 0.224. The number of hydrogen-bond acceptors (Lipinski definition) is 2. The number of nitrogens with zero attached hydrogens (tertiary/aromatic N) is 1. The Labute approximate surface area is 64.8 Å². The highest BCUT2D eigenvalue weighted by atomic mass is 19.3. The third-order valence-corrected chi connectivity index (χ3v) is 2.16. The van der Waals surface area contributed by atoms with Crippen molar-refractivity contribution >= 4 is 0 Å². The predicted molar refractivity (Wildman–Crippen MR) is 37.6 cm³/mol. The lowest BCUT2D eigenvalue weighted by Gasteiger charge is -2.35. The maximum Gasteiger partial charge on any atom is 0.265 e. The van der Waals surface area contributed by atoms with Gasteiger partial charge in [0.15, 0.2) is 0 Å². The fraction of sp³-hybridized carbons (Fsp3) is 1.00. The first-order chi connectivity index (χ1) is 5.06. The van der Waals surface area contributed by atoms with Crippen molar-refractivity contribution in [1.82, 2.24) is 4.90 Å². The van der Waals surface area contributed by atoms with E-state index in [9.17, 15) is 8.78 Å². The molecule has 1 aliphatic heterocycles. The van der Waals surface area contributed by atoms with Gasteiger partial charge in [-0.3, -0.25) is 0 Å². The van der Waals surface area contributed by atoms with Gasteiger partial charge in [-0.05, 0) is 20.0 Å². The second-order valence-electron chi connectivity index (χ2n) is 3.17. The maximum absolute atomic E-state index is 12.9. The molecule has 0 aromatic carbocycles. The van der Waals surface area contributed by atoms with Crippen LogP contribution in [0.3, 0.4) is 0 Å². The Balaban J connectivity index is 2.56. The Hall–Kier alpha value is -0.220. The molecule has 1 atom stereocenters. The predicted octanol–water partition coefficient (Wildman–Crippen LogP) is 0.566. The monoisotopic (exact) mass is 165 g/mol. The summed E-state index contributed by atoms with van der Waals surface area (Å²) in [7, 11) is 1.67. The Morgan fingerprint density at radius 3 is 2.73 bits per heavy atom. The summed E-state index contributed by atoms with van der Waals surface area (Å²) < 4.78 is 25.8. The van der Waals surface area contributed by atoms with Gasteiger partial charge in [-0.15, -0.1) is 0 Å². The minimum Gasteiger partial charge on any atom is -0.396 e. The van der Waals surface area contributed by atoms with E-state index in [0.29, 0.717) is 13.0 Å². The number of alkyl halides is 2. The smallest absolute Gasteiger partial charge is 0.265 e. The Morgan fingerprint density at radius 1 is 1.64 bits per heavy atom. The lowest BCUT2D eigenvalue weighted by atomic mass is 9.94. The summed E-state index contributed by atoms with van der Waals surface area (Å²) in [5.41, 5.74) is 0. The van der Waals surface area contributed by atoms with Crippen LogP contribution in [-0.2, 0) is 0 Å². The van der Waals surface area contributed by atoms with Gasteiger partial charge in [0.05, 0.1) is 13.2 Å². The Kier molecular flexibility index (Phi) is 2.44. The summed E-state index contributed by atoms with van der Waals surface area (Å²) in [6.07, 6.45) is 0.389. The lowest BCUT2D eigenvalue weighted by Crippen LogP contribution is -2.48. The van der Waals surface area contributed by atoms with E-state index in [1.807, 2.05) is 0 Å². The highest BCUT2D eigenvalue weighted by Gasteiger charge is 2.42. The number of piperidine rings is 1. The Bertz CT molecular complexity index is 140. The maximum atomic E-state index is 12.9. The number of hydrogen-bond donors (Lipinski definition) is 1. The molecule has 1 N–H and O–H groups in total. The van der Waals surface area contributed by atoms with Gasteiger partial charge in [0.1, 0.15) is 0 Å². The van der Waals surface area contributed by atoms with Crippen LogP contribution >= 0.6 is 0 Å². The first-order valence-corrected chi connectivity index (χ1v) is 3.73. The van der Waals surface area contributed by atoms with Crippen molar-refractivity contribution in [2.75, 3.05) is 26.7 Å². The van der Waals surface area contributed by atoms with Gasteiger partial charge in [0, 0.05) is 5.92 Å². The molecule has 0 radical (unpaired) electrons. The normalized spacial score (nSPS) is 32.2. The van der Waals surface area contributed by atoms with Crippen LogP contribution in [0.4, 0.5) is 8.78 Å². The number of aliphatic hydroxyl groups excluding tert-OH is 1. The second kappa shape index (κ2) is 3.03. The van der Waals surface area contributed by atoms with Crippen molar-refractivity contribution < 1.29 is 13.9 Å². The second-order valence-corrected chi connectivity index (χ2v) is 3.17. The molecule has 1 rings (SSSR count). The third kappa shape index (κ3) is 1.87. The van der Waals surface area contributed by atoms with Gasteiger partial charge in [-0.1, -0.05) is 0 Å². The van der Waals surface area contributed by atoms with E-state index in [0.717, 1.165) is 0 Å². The minimum atomic E-state index is -2.71. The summed E-state index contributed by atoms with van der Waals surface area (Å²) in [4.78, 5) is 1.59. The van der Waals surface area contributed by atoms with Crippen LogP contribution in [0.15, 0.2) is 0 Å². The molecule has 1 heterocycles. The fourth-order valence-electron chi connectivity index (χ4n) is 1.38. The van der Waals surface area contributed by atoms with E-state index >= 15 is 0 Å². The molecule has 0 bridgehead atoms. The van der Waals surface area contributed by atoms with E-state index in [1.165, 1.54) is 0 Å². The van der Waals surface area contributed by atoms with Gasteiger partial charge in [0.2, 0.25) is 0 Å². The molecule has 1 fully saturated rings. The highest BCUT2D eigenvalue weighted by Crippen LogP contribution is 2.31. The molecule has 11 heavy (non-hydrogen) atoms. The van der Waals surface area contributed by atoms with Gasteiger partial charge in [-0.25, -0.2) is 8.78 Å². The molecule has 1 saturated heterocycles. The SMILES string of the molecule is CN1CCC(CO)C(F)(F)C1. The van der Waals surface area contributed by atoms with Crippen LogP contribution in [-0.4, -0.2) is 42.7 Å². The standard InChI is InChI=1S/C7H13F2NO/c1-10-3-2-6(4-11)7(8,9)5-10/h6,11H,2-5H2,1H3. The van der Waals surface area contributed by atoms with Crippen LogP contribution in [0.25, 0.3) is 0 Å². The Morgan fingerprint density at radius 2 is 2.27 bits per heavy atom. The van der Waals surface area contributed by atoms with Crippen molar-refractivity contribution in [3.8, 4) is 0 Å². The molecule has 1 aliphatic rings. The highest BCUT2D eigenvalue weighted by molar-refractivity contribution is 4.84. The van der Waals surface area contributed by atoms with Gasteiger partial charge in [0.25, 0.3) is 5.92 Å². The molecular weight excluding hydrogens is 152 g/mol. The first kappa shape index (κ1) is 8.87. The van der Waals surface area contributed by atoms with Gasteiger partial charge < -0.3 is 10.0 Å². The molecule has 66 valence electrons. The zero-order valence-electron chi connectivity index (χ0n) is 6.56. The zero-order valence-corrected chi connectivity index (χ0v) is 6.56. The van der Waals surface area contributed by atoms with Crippen molar-refractivity contribution in [3.63, 3.8) is 0 Å². The lowest BCUT2D eigenvalue weighted by molar-refractivity contribution is -0.119. The average Bonchev–Trinajstić information content (AvgIpc) is 1.85. The molecule has 0 spiro atoms. The molecular formula is C7H13F2NO. The van der Waals surface area contributed by atoms with E-state index in [1.54, 1.807) is 11.9 Å². The van der Waals surface area contributed by atoms with Crippen LogP contribution in [0, 0.1) is 5.92 Å². The number of aliphatic hydroxyl groups is 1. The molecule has 0 amide bonds. The van der Waals surface area contributed by atoms with E-state index in [2.05, 4.69) is 0 Å². The average molecular weight is 165 g/mol. The molecule has 0 aliphatic carbocycles. The largest absolute Gasteiger partial charge is 0.396 e. The molecule has 2 nitrogen and oxygen atoms in total. The van der Waals surface area contributed by atoms with Crippen LogP contribution in [0.2, 0.25) is 0 Å². The molecule has 1 unspecified atom stereocenters. The summed E-state index contributed by atoms with van der Waals surface area (Å²) in [6, 6.07) is 0. The summed E-state index contributed by atoms with van der Waals surface area (Å²) >= 11 is 0. The fourth-order valence-corrected chi connectivity index (χ4v) is 1.38. The van der Waals surface area contributed by atoms with E-state index in [4.69, 9.17) is 5.11 Å². The van der Waals surface area contributed by atoms with Gasteiger partial charge in [-0.2, -0.15) is 0 Å². The third-order valence-electron chi connectivity index (χ3n) is 2.16. The topological polar surface area (TPSA) is 23.5 Å². The number of rotatable bonds is 1. The van der Waals surface area contributed by atoms with Crippen molar-refractivity contribution in [2.45, 2.75) is 12.3 Å². The van der Waals surface area contributed by atoms with Crippen molar-refractivity contribution in [3.05, 3.63) is 0 Å². The van der Waals surface area contributed by atoms with Crippen molar-refractivity contribution in [1.29, 1.82) is 0 Å². The first-order valence-electron chi connectivity index (χ1n) is 3.73. The zero-order chi connectivity index (χ0) is 8.48. The van der Waals surface area contributed by atoms with Crippen LogP contribution < -0.4 is 0 Å². The van der Waals surface area contributed by atoms with Gasteiger partial charge >= 0.3 is 0 Å². The van der Waals surface area contributed by atoms with E-state index < -0.39 is 18.4 Å². The number of likely N-dealkylation sites (tertiary alicyclic amines) is 1. The summed E-state index contributed by atoms with van der Waals surface area (Å²) in [6.45, 7) is 0.0277.